The van der Waals surface area contributed by atoms with Crippen LogP contribution in [0, 0.1) is 0 Å². The monoisotopic (exact) mass is 469 g/mol. The van der Waals surface area contributed by atoms with Crippen LogP contribution in [-0.4, -0.2) is 42.7 Å². The van der Waals surface area contributed by atoms with Crippen molar-refractivity contribution in [3.63, 3.8) is 0 Å². The topological polar surface area (TPSA) is 55.4 Å². The number of methoxy groups -OCH3 is 6. The molecule has 0 aliphatic carbocycles. The van der Waals surface area contributed by atoms with E-state index in [1.54, 1.807) is 42.7 Å². The molecule has 1 aromatic heterocycles. The third-order valence-corrected chi connectivity index (χ3v) is 6.39. The second-order valence-electron chi connectivity index (χ2n) is 6.88. The second-order valence-corrected chi connectivity index (χ2v) is 8.48. The summed E-state index contributed by atoms with van der Waals surface area (Å²) in [6.45, 7) is 0. The number of hydrogen-bond acceptors (Lipinski definition) is 6. The van der Waals surface area contributed by atoms with Crippen LogP contribution in [0.15, 0.2) is 41.1 Å². The first-order chi connectivity index (χ1) is 16.1. The molecule has 3 aromatic rings. The van der Waals surface area contributed by atoms with Crippen molar-refractivity contribution in [2.24, 2.45) is 0 Å². The smallest absolute Gasteiger partial charge is 0.203 e. The molecule has 1 unspecified atom stereocenters. The lowest BCUT2D eigenvalue weighted by atomic mass is 10.1. The van der Waals surface area contributed by atoms with Crippen molar-refractivity contribution in [1.82, 2.24) is 0 Å². The van der Waals surface area contributed by atoms with E-state index >= 15 is 0 Å². The standard InChI is InChI=1S/C26H29O6S/c1-27-21-13-19(14-22(28-2)25(21)31-5)8-7-18-9-11-33(17-18)12-10-20-15-23(29-3)26(32-6)24(16-20)30-4/h7-17H,1-6H3/q+1. The van der Waals surface area contributed by atoms with Gasteiger partial charge in [0.1, 0.15) is 16.2 Å². The van der Waals surface area contributed by atoms with Crippen LogP contribution in [0.5, 0.6) is 34.5 Å². The molecule has 6 nitrogen and oxygen atoms in total. The summed E-state index contributed by atoms with van der Waals surface area (Å²) in [7, 11) is 9.52. The van der Waals surface area contributed by atoms with Crippen molar-refractivity contribution in [1.29, 1.82) is 0 Å². The lowest BCUT2D eigenvalue weighted by molar-refractivity contribution is 0.324. The summed E-state index contributed by atoms with van der Waals surface area (Å²) in [4.78, 5) is 0. The van der Waals surface area contributed by atoms with Crippen LogP contribution >= 0.6 is 10.5 Å². The van der Waals surface area contributed by atoms with Crippen molar-refractivity contribution >= 4 is 34.1 Å². The summed E-state index contributed by atoms with van der Waals surface area (Å²) >= 11 is 0. The van der Waals surface area contributed by atoms with Gasteiger partial charge >= 0.3 is 0 Å². The first-order valence-corrected chi connectivity index (χ1v) is 11.5. The van der Waals surface area contributed by atoms with Gasteiger partial charge in [0.05, 0.1) is 42.7 Å². The first-order valence-electron chi connectivity index (χ1n) is 10.1. The molecule has 0 saturated heterocycles. The van der Waals surface area contributed by atoms with Gasteiger partial charge in [-0.05, 0) is 47.5 Å². The van der Waals surface area contributed by atoms with Gasteiger partial charge in [0.25, 0.3) is 0 Å². The van der Waals surface area contributed by atoms with Crippen molar-refractivity contribution in [2.45, 2.75) is 0 Å². The Morgan fingerprint density at radius 2 is 0.970 bits per heavy atom. The van der Waals surface area contributed by atoms with Gasteiger partial charge in [-0.2, -0.15) is 0 Å². The molecule has 1 heterocycles. The van der Waals surface area contributed by atoms with E-state index in [4.69, 9.17) is 28.4 Å². The normalized spacial score (nSPS) is 11.6. The van der Waals surface area contributed by atoms with E-state index in [1.165, 1.54) is 0 Å². The predicted molar refractivity (Wildman–Crippen MR) is 135 cm³/mol. The number of ether oxygens (including phenoxy) is 6. The Balaban J connectivity index is 1.80. The highest BCUT2D eigenvalue weighted by molar-refractivity contribution is 7.39. The van der Waals surface area contributed by atoms with Crippen molar-refractivity contribution in [3.05, 3.63) is 57.8 Å². The maximum Gasteiger partial charge on any atom is 0.203 e. The lowest BCUT2D eigenvalue weighted by Crippen LogP contribution is -1.95. The van der Waals surface area contributed by atoms with Crippen LogP contribution in [0.2, 0.25) is 0 Å². The van der Waals surface area contributed by atoms with Crippen LogP contribution in [0.3, 0.4) is 0 Å². The second kappa shape index (κ2) is 11.3. The van der Waals surface area contributed by atoms with E-state index in [0.29, 0.717) is 34.5 Å². The van der Waals surface area contributed by atoms with Gasteiger partial charge in [-0.25, -0.2) is 0 Å². The Kier molecular flexibility index (Phi) is 8.27. The Labute approximate surface area is 197 Å². The minimum atomic E-state index is -0.114. The number of benzene rings is 2. The first kappa shape index (κ1) is 24.1. The molecule has 3 rings (SSSR count). The molecule has 7 heteroatoms. The number of thiophene rings is 1. The van der Waals surface area contributed by atoms with Crippen LogP contribution < -0.4 is 28.4 Å². The zero-order valence-electron chi connectivity index (χ0n) is 19.7. The maximum atomic E-state index is 5.43. The van der Waals surface area contributed by atoms with Crippen molar-refractivity contribution in [3.8, 4) is 34.5 Å². The molecular weight excluding hydrogens is 440 g/mol. The molecular formula is C26H29O6S+. The van der Waals surface area contributed by atoms with Gasteiger partial charge in [0.2, 0.25) is 11.5 Å². The van der Waals surface area contributed by atoms with Crippen LogP contribution in [0.4, 0.5) is 0 Å². The molecule has 0 amide bonds. The zero-order chi connectivity index (χ0) is 23.8. The molecule has 0 fully saturated rings. The molecule has 33 heavy (non-hydrogen) atoms. The Morgan fingerprint density at radius 3 is 1.39 bits per heavy atom. The van der Waals surface area contributed by atoms with Crippen molar-refractivity contribution < 1.29 is 28.4 Å². The highest BCUT2D eigenvalue weighted by atomic mass is 32.2. The fraction of sp³-hybridized carbons (Fsp3) is 0.231. The molecule has 0 radical (unpaired) electrons. The van der Waals surface area contributed by atoms with Crippen LogP contribution in [0.25, 0.3) is 23.6 Å². The van der Waals surface area contributed by atoms with Gasteiger partial charge in [-0.1, -0.05) is 6.08 Å². The Bertz CT molecular complexity index is 1010. The Hall–Kier alpha value is -3.58. The molecule has 1 atom stereocenters. The van der Waals surface area contributed by atoms with E-state index in [2.05, 4.69) is 34.4 Å². The quantitative estimate of drug-likeness (QED) is 0.326. The molecule has 0 spiro atoms. The fourth-order valence-corrected chi connectivity index (χ4v) is 4.66. The molecule has 0 N–H and O–H groups in total. The summed E-state index contributed by atoms with van der Waals surface area (Å²) in [5, 5.41) is 6.53. The third kappa shape index (κ3) is 5.62. The maximum absolute atomic E-state index is 5.43. The van der Waals surface area contributed by atoms with E-state index < -0.39 is 0 Å². The van der Waals surface area contributed by atoms with Gasteiger partial charge in [-0.3, -0.25) is 0 Å². The summed E-state index contributed by atoms with van der Waals surface area (Å²) in [6.07, 6.45) is 6.15. The minimum absolute atomic E-state index is 0.114. The molecule has 0 aliphatic heterocycles. The van der Waals surface area contributed by atoms with E-state index in [9.17, 15) is 0 Å². The van der Waals surface area contributed by atoms with Gasteiger partial charge in [0, 0.05) is 22.1 Å². The van der Waals surface area contributed by atoms with Crippen LogP contribution in [0.1, 0.15) is 16.7 Å². The molecule has 0 saturated carbocycles. The average Bonchev–Trinajstić information content (AvgIpc) is 3.32. The summed E-state index contributed by atoms with van der Waals surface area (Å²) in [5.74, 6) is 3.67. The lowest BCUT2D eigenvalue weighted by Gasteiger charge is -2.12. The Morgan fingerprint density at radius 1 is 0.545 bits per heavy atom. The molecule has 0 bridgehead atoms. The summed E-state index contributed by atoms with van der Waals surface area (Å²) in [6, 6.07) is 9.80. The van der Waals surface area contributed by atoms with Crippen molar-refractivity contribution in [2.75, 3.05) is 42.7 Å². The average molecular weight is 470 g/mol. The summed E-state index contributed by atoms with van der Waals surface area (Å²) in [5.41, 5.74) is 3.06. The van der Waals surface area contributed by atoms with Gasteiger partial charge < -0.3 is 28.4 Å². The number of hydrogen-bond donors (Lipinski definition) is 0. The van der Waals surface area contributed by atoms with Crippen LogP contribution in [-0.2, 0) is 0 Å². The largest absolute Gasteiger partial charge is 0.493 e. The van der Waals surface area contributed by atoms with Gasteiger partial charge in [-0.15, -0.1) is 0 Å². The fourth-order valence-electron chi connectivity index (χ4n) is 3.32. The number of rotatable bonds is 10. The SMILES string of the molecule is COc1cc(C=Cc2cc[s+](C=Cc3cc(OC)c(OC)c(OC)c3)c2)cc(OC)c1OC. The highest BCUT2D eigenvalue weighted by Crippen LogP contribution is 2.40. The van der Waals surface area contributed by atoms with E-state index in [0.717, 1.165) is 16.7 Å². The van der Waals surface area contributed by atoms with E-state index in [-0.39, 0.29) is 10.5 Å². The summed E-state index contributed by atoms with van der Waals surface area (Å²) < 4.78 is 32.5. The van der Waals surface area contributed by atoms with E-state index in [1.807, 2.05) is 30.3 Å². The zero-order valence-corrected chi connectivity index (χ0v) is 20.5. The molecule has 2 aromatic carbocycles. The minimum Gasteiger partial charge on any atom is -0.493 e. The third-order valence-electron chi connectivity index (χ3n) is 4.95. The predicted octanol–water partition coefficient (Wildman–Crippen LogP) is 6.29. The van der Waals surface area contributed by atoms with Gasteiger partial charge in [0.15, 0.2) is 23.0 Å². The molecule has 0 aliphatic rings. The highest BCUT2D eigenvalue weighted by Gasteiger charge is 2.13. The molecule has 174 valence electrons.